The van der Waals surface area contributed by atoms with Gasteiger partial charge in [-0.2, -0.15) is 0 Å². The van der Waals surface area contributed by atoms with Crippen molar-refractivity contribution in [2.24, 2.45) is 0 Å². The number of pyridine rings is 1. The molecule has 1 aromatic heterocycles. The second kappa shape index (κ2) is 6.89. The second-order valence-electron chi connectivity index (χ2n) is 4.33. The minimum Gasteiger partial charge on any atom is -0.397 e. The summed E-state index contributed by atoms with van der Waals surface area (Å²) in [6.07, 6.45) is 7.62. The first-order chi connectivity index (χ1) is 8.15. The predicted octanol–water partition coefficient (Wildman–Crippen LogP) is 2.36. The Morgan fingerprint density at radius 3 is 2.94 bits per heavy atom. The van der Waals surface area contributed by atoms with E-state index in [1.807, 2.05) is 6.92 Å². The van der Waals surface area contributed by atoms with Gasteiger partial charge in [0.2, 0.25) is 0 Å². The Hall–Kier alpha value is -1.58. The van der Waals surface area contributed by atoms with Crippen LogP contribution in [0.1, 0.15) is 49.9 Å². The molecule has 1 amide bonds. The monoisotopic (exact) mass is 235 g/mol. The van der Waals surface area contributed by atoms with Crippen LogP contribution in [-0.4, -0.2) is 16.9 Å². The summed E-state index contributed by atoms with van der Waals surface area (Å²) < 4.78 is 0. The van der Waals surface area contributed by atoms with Gasteiger partial charge in [0.05, 0.1) is 17.4 Å². The zero-order valence-corrected chi connectivity index (χ0v) is 10.6. The molecule has 0 radical (unpaired) electrons. The van der Waals surface area contributed by atoms with Gasteiger partial charge < -0.3 is 11.1 Å². The molecule has 0 aliphatic carbocycles. The van der Waals surface area contributed by atoms with Gasteiger partial charge in [0, 0.05) is 12.2 Å². The van der Waals surface area contributed by atoms with Crippen LogP contribution in [0.25, 0.3) is 0 Å². The Balaban J connectivity index is 2.46. The molecule has 0 aromatic carbocycles. The van der Waals surface area contributed by atoms with Crippen LogP contribution in [0.15, 0.2) is 18.5 Å². The van der Waals surface area contributed by atoms with Gasteiger partial charge >= 0.3 is 0 Å². The molecule has 0 fully saturated rings. The van der Waals surface area contributed by atoms with Crippen LogP contribution in [0, 0.1) is 0 Å². The second-order valence-corrected chi connectivity index (χ2v) is 4.33. The Labute approximate surface area is 103 Å². The third-order valence-corrected chi connectivity index (χ3v) is 2.71. The van der Waals surface area contributed by atoms with Crippen LogP contribution in [0.5, 0.6) is 0 Å². The maximum absolute atomic E-state index is 11.9. The lowest BCUT2D eigenvalue weighted by Gasteiger charge is -2.14. The first kappa shape index (κ1) is 13.5. The number of nitrogens with one attached hydrogen (secondary N) is 1. The maximum atomic E-state index is 11.9. The number of hydrogen-bond donors (Lipinski definition) is 2. The minimum atomic E-state index is -0.117. The summed E-state index contributed by atoms with van der Waals surface area (Å²) in [5.41, 5.74) is 6.62. The zero-order valence-electron chi connectivity index (χ0n) is 10.6. The Bertz CT molecular complexity index is 365. The van der Waals surface area contributed by atoms with Crippen LogP contribution >= 0.6 is 0 Å². The molecule has 4 nitrogen and oxygen atoms in total. The van der Waals surface area contributed by atoms with E-state index in [0.717, 1.165) is 12.8 Å². The maximum Gasteiger partial charge on any atom is 0.253 e. The molecule has 4 heteroatoms. The van der Waals surface area contributed by atoms with Gasteiger partial charge in [-0.05, 0) is 19.4 Å². The highest BCUT2D eigenvalue weighted by atomic mass is 16.1. The highest BCUT2D eigenvalue weighted by molar-refractivity contribution is 5.98. The van der Waals surface area contributed by atoms with E-state index in [9.17, 15) is 4.79 Å². The zero-order chi connectivity index (χ0) is 12.7. The standard InChI is InChI=1S/C13H21N3O/c1-3-4-5-6-10(2)16-13(17)11-7-8-15-9-12(11)14/h7-10H,3-6,14H2,1-2H3,(H,16,17). The van der Waals surface area contributed by atoms with E-state index in [4.69, 9.17) is 5.73 Å². The molecule has 0 saturated heterocycles. The fourth-order valence-electron chi connectivity index (χ4n) is 1.69. The molecule has 1 atom stereocenters. The number of unbranched alkanes of at least 4 members (excludes halogenated alkanes) is 2. The molecule has 3 N–H and O–H groups in total. The molecule has 94 valence electrons. The topological polar surface area (TPSA) is 68.0 Å². The van der Waals surface area contributed by atoms with E-state index in [1.165, 1.54) is 19.0 Å². The highest BCUT2D eigenvalue weighted by Gasteiger charge is 2.11. The molecular weight excluding hydrogens is 214 g/mol. The SMILES string of the molecule is CCCCCC(C)NC(=O)c1ccncc1N. The summed E-state index contributed by atoms with van der Waals surface area (Å²) in [5, 5.41) is 2.95. The van der Waals surface area contributed by atoms with Crippen molar-refractivity contribution in [2.75, 3.05) is 5.73 Å². The van der Waals surface area contributed by atoms with Gasteiger partial charge in [0.15, 0.2) is 0 Å². The van der Waals surface area contributed by atoms with Gasteiger partial charge in [0.25, 0.3) is 5.91 Å². The molecule has 17 heavy (non-hydrogen) atoms. The number of amides is 1. The Morgan fingerprint density at radius 2 is 2.29 bits per heavy atom. The molecule has 0 bridgehead atoms. The average molecular weight is 235 g/mol. The van der Waals surface area contributed by atoms with Crippen molar-refractivity contribution in [1.29, 1.82) is 0 Å². The van der Waals surface area contributed by atoms with Gasteiger partial charge in [0.1, 0.15) is 0 Å². The van der Waals surface area contributed by atoms with Crippen LogP contribution in [0.2, 0.25) is 0 Å². The largest absolute Gasteiger partial charge is 0.397 e. The molecule has 0 spiro atoms. The summed E-state index contributed by atoms with van der Waals surface area (Å²) in [6, 6.07) is 1.82. The number of carbonyl (C=O) groups is 1. The fourth-order valence-corrected chi connectivity index (χ4v) is 1.69. The fraction of sp³-hybridized carbons (Fsp3) is 0.538. The van der Waals surface area contributed by atoms with Crippen molar-refractivity contribution in [3.8, 4) is 0 Å². The normalized spacial score (nSPS) is 12.1. The van der Waals surface area contributed by atoms with E-state index in [2.05, 4.69) is 17.2 Å². The molecular formula is C13H21N3O. The number of carbonyl (C=O) groups excluding carboxylic acids is 1. The van der Waals surface area contributed by atoms with Crippen LogP contribution in [0.3, 0.4) is 0 Å². The number of nitrogens with zero attached hydrogens (tertiary/aromatic N) is 1. The number of hydrogen-bond acceptors (Lipinski definition) is 3. The van der Waals surface area contributed by atoms with E-state index in [0.29, 0.717) is 11.3 Å². The predicted molar refractivity (Wildman–Crippen MR) is 69.7 cm³/mol. The van der Waals surface area contributed by atoms with Crippen LogP contribution in [0.4, 0.5) is 5.69 Å². The first-order valence-electron chi connectivity index (χ1n) is 6.15. The Morgan fingerprint density at radius 1 is 1.53 bits per heavy atom. The van der Waals surface area contributed by atoms with Crippen LogP contribution in [-0.2, 0) is 0 Å². The van der Waals surface area contributed by atoms with Gasteiger partial charge in [-0.1, -0.05) is 26.2 Å². The lowest BCUT2D eigenvalue weighted by Crippen LogP contribution is -2.32. The van der Waals surface area contributed by atoms with Crippen molar-refractivity contribution >= 4 is 11.6 Å². The minimum absolute atomic E-state index is 0.117. The smallest absolute Gasteiger partial charge is 0.253 e. The quantitative estimate of drug-likeness (QED) is 0.744. The molecule has 0 aliphatic rings. The van der Waals surface area contributed by atoms with Crippen molar-refractivity contribution in [3.05, 3.63) is 24.0 Å². The van der Waals surface area contributed by atoms with Crippen molar-refractivity contribution in [2.45, 2.75) is 45.6 Å². The van der Waals surface area contributed by atoms with Gasteiger partial charge in [-0.25, -0.2) is 0 Å². The summed E-state index contributed by atoms with van der Waals surface area (Å²) in [7, 11) is 0. The first-order valence-corrected chi connectivity index (χ1v) is 6.15. The van der Waals surface area contributed by atoms with E-state index in [1.54, 1.807) is 12.3 Å². The Kier molecular flexibility index (Phi) is 5.46. The molecule has 1 heterocycles. The lowest BCUT2D eigenvalue weighted by molar-refractivity contribution is 0.0938. The molecule has 0 aliphatic heterocycles. The third kappa shape index (κ3) is 4.43. The van der Waals surface area contributed by atoms with Crippen molar-refractivity contribution in [1.82, 2.24) is 10.3 Å². The summed E-state index contributed by atoms with van der Waals surface area (Å²) in [4.78, 5) is 15.8. The van der Waals surface area contributed by atoms with E-state index in [-0.39, 0.29) is 11.9 Å². The molecule has 0 saturated carbocycles. The number of aromatic nitrogens is 1. The summed E-state index contributed by atoms with van der Waals surface area (Å²) in [5.74, 6) is -0.117. The van der Waals surface area contributed by atoms with Crippen LogP contribution < -0.4 is 11.1 Å². The number of anilines is 1. The lowest BCUT2D eigenvalue weighted by atomic mass is 10.1. The van der Waals surface area contributed by atoms with E-state index >= 15 is 0 Å². The molecule has 1 rings (SSSR count). The molecule has 1 unspecified atom stereocenters. The van der Waals surface area contributed by atoms with Gasteiger partial charge in [-0.3, -0.25) is 9.78 Å². The van der Waals surface area contributed by atoms with Crippen molar-refractivity contribution in [3.63, 3.8) is 0 Å². The number of nitrogen functional groups attached to an aromatic ring is 1. The highest BCUT2D eigenvalue weighted by Crippen LogP contribution is 2.09. The summed E-state index contributed by atoms with van der Waals surface area (Å²) in [6.45, 7) is 4.19. The van der Waals surface area contributed by atoms with Gasteiger partial charge in [-0.15, -0.1) is 0 Å². The summed E-state index contributed by atoms with van der Waals surface area (Å²) >= 11 is 0. The van der Waals surface area contributed by atoms with E-state index < -0.39 is 0 Å². The number of nitrogens with two attached hydrogens (primary N) is 1. The third-order valence-electron chi connectivity index (χ3n) is 2.71. The van der Waals surface area contributed by atoms with Crippen molar-refractivity contribution < 1.29 is 4.79 Å². The average Bonchev–Trinajstić information content (AvgIpc) is 2.29. The number of rotatable bonds is 6. The molecule has 1 aromatic rings.